The van der Waals surface area contributed by atoms with E-state index in [2.05, 4.69) is 75.2 Å². The summed E-state index contributed by atoms with van der Waals surface area (Å²) in [6, 6.07) is 11.4. The first-order valence-corrected chi connectivity index (χ1v) is 7.35. The summed E-state index contributed by atoms with van der Waals surface area (Å²) in [6.07, 6.45) is 0. The van der Waals surface area contributed by atoms with Gasteiger partial charge in [-0.25, -0.2) is 0 Å². The van der Waals surface area contributed by atoms with Crippen LogP contribution >= 0.6 is 0 Å². The molecule has 0 aromatic heterocycles. The highest BCUT2D eigenvalue weighted by atomic mass is 15.2. The molecule has 1 aliphatic rings. The molecule has 0 amide bonds. The van der Waals surface area contributed by atoms with Crippen LogP contribution in [0.15, 0.2) is 30.3 Å². The zero-order valence-corrected chi connectivity index (χ0v) is 13.0. The normalized spacial score (nSPS) is 29.4. The molecule has 2 atom stereocenters. The van der Waals surface area contributed by atoms with Crippen LogP contribution < -0.4 is 5.32 Å². The molecule has 2 nitrogen and oxygen atoms in total. The van der Waals surface area contributed by atoms with Crippen LogP contribution in [0, 0.1) is 5.41 Å². The summed E-state index contributed by atoms with van der Waals surface area (Å²) in [4.78, 5) is 2.63. The van der Waals surface area contributed by atoms with E-state index in [0.717, 1.165) is 19.6 Å². The lowest BCUT2D eigenvalue weighted by Crippen LogP contribution is -2.61. The molecule has 2 rings (SSSR count). The quantitative estimate of drug-likeness (QED) is 0.878. The minimum absolute atomic E-state index is 0.0685. The number of nitrogens with one attached hydrogen (secondary N) is 1. The average Bonchev–Trinajstić information content (AvgIpc) is 2.33. The molecule has 2 unspecified atom stereocenters. The second kappa shape index (κ2) is 5.26. The molecule has 0 saturated carbocycles. The first kappa shape index (κ1) is 14.5. The second-order valence-electron chi connectivity index (χ2n) is 7.39. The average molecular weight is 260 g/mol. The van der Waals surface area contributed by atoms with Crippen molar-refractivity contribution in [3.63, 3.8) is 0 Å². The van der Waals surface area contributed by atoms with Gasteiger partial charge in [0.25, 0.3) is 0 Å². The highest BCUT2D eigenvalue weighted by Crippen LogP contribution is 2.28. The summed E-state index contributed by atoms with van der Waals surface area (Å²) in [5.41, 5.74) is 1.81. The zero-order valence-electron chi connectivity index (χ0n) is 13.0. The van der Waals surface area contributed by atoms with E-state index in [1.54, 1.807) is 0 Å². The van der Waals surface area contributed by atoms with Gasteiger partial charge in [0.1, 0.15) is 0 Å². The monoisotopic (exact) mass is 260 g/mol. The van der Waals surface area contributed by atoms with E-state index < -0.39 is 0 Å². The van der Waals surface area contributed by atoms with Crippen molar-refractivity contribution in [1.29, 1.82) is 0 Å². The van der Waals surface area contributed by atoms with Gasteiger partial charge < -0.3 is 5.32 Å². The number of hydrogen-bond donors (Lipinski definition) is 1. The van der Waals surface area contributed by atoms with E-state index in [9.17, 15) is 0 Å². The largest absolute Gasteiger partial charge is 0.305 e. The Hall–Kier alpha value is -0.860. The lowest BCUT2D eigenvalue weighted by Gasteiger charge is -2.47. The van der Waals surface area contributed by atoms with E-state index in [0.29, 0.717) is 11.5 Å². The Kier molecular flexibility index (Phi) is 4.03. The molecule has 1 aromatic carbocycles. The van der Waals surface area contributed by atoms with Crippen molar-refractivity contribution in [2.45, 2.75) is 46.2 Å². The first-order chi connectivity index (χ1) is 8.80. The molecule has 1 saturated heterocycles. The Morgan fingerprint density at radius 1 is 1.26 bits per heavy atom. The highest BCUT2D eigenvalue weighted by molar-refractivity contribution is 5.25. The zero-order chi connectivity index (χ0) is 14.1. The van der Waals surface area contributed by atoms with Gasteiger partial charge in [0.15, 0.2) is 0 Å². The first-order valence-electron chi connectivity index (χ1n) is 7.35. The summed E-state index contributed by atoms with van der Waals surface area (Å²) in [5.74, 6) is 0. The van der Waals surface area contributed by atoms with E-state index >= 15 is 0 Å². The predicted octanol–water partition coefficient (Wildman–Crippen LogP) is 3.24. The molecular weight excluding hydrogens is 232 g/mol. The third-order valence-corrected chi connectivity index (χ3v) is 4.02. The molecule has 0 bridgehead atoms. The van der Waals surface area contributed by atoms with Gasteiger partial charge in [0.2, 0.25) is 0 Å². The van der Waals surface area contributed by atoms with Gasteiger partial charge >= 0.3 is 0 Å². The van der Waals surface area contributed by atoms with Crippen molar-refractivity contribution in [3.8, 4) is 0 Å². The fraction of sp³-hybridized carbons (Fsp3) is 0.647. The lowest BCUT2D eigenvalue weighted by atomic mass is 9.86. The van der Waals surface area contributed by atoms with Crippen LogP contribution in [0.2, 0.25) is 0 Å². The van der Waals surface area contributed by atoms with E-state index in [1.165, 1.54) is 5.56 Å². The Morgan fingerprint density at radius 3 is 2.47 bits per heavy atom. The molecule has 2 heteroatoms. The van der Waals surface area contributed by atoms with Crippen molar-refractivity contribution in [3.05, 3.63) is 35.9 Å². The van der Waals surface area contributed by atoms with Gasteiger partial charge in [0.05, 0.1) is 5.54 Å². The maximum Gasteiger partial charge on any atom is 0.0535 e. The predicted molar refractivity (Wildman–Crippen MR) is 82.3 cm³/mol. The minimum atomic E-state index is 0.0685. The summed E-state index contributed by atoms with van der Waals surface area (Å²) < 4.78 is 0. The molecule has 1 aromatic rings. The Bertz CT molecular complexity index is 407. The molecular formula is C17H28N2. The molecule has 1 aliphatic heterocycles. The molecule has 1 fully saturated rings. The fourth-order valence-corrected chi connectivity index (χ4v) is 2.94. The maximum atomic E-state index is 3.74. The Labute approximate surface area is 118 Å². The van der Waals surface area contributed by atoms with Crippen molar-refractivity contribution in [2.24, 2.45) is 5.41 Å². The third-order valence-electron chi connectivity index (χ3n) is 4.02. The number of nitrogens with zero attached hydrogens (tertiary/aromatic N) is 1. The smallest absolute Gasteiger partial charge is 0.0535 e. The molecule has 1 heterocycles. The second-order valence-corrected chi connectivity index (χ2v) is 7.39. The van der Waals surface area contributed by atoms with Crippen LogP contribution in [0.5, 0.6) is 0 Å². The Balaban J connectivity index is 2.16. The molecule has 0 spiro atoms. The van der Waals surface area contributed by atoms with Gasteiger partial charge in [0, 0.05) is 25.7 Å². The fourth-order valence-electron chi connectivity index (χ4n) is 2.94. The van der Waals surface area contributed by atoms with Gasteiger partial charge in [-0.2, -0.15) is 0 Å². The van der Waals surface area contributed by atoms with E-state index in [4.69, 9.17) is 0 Å². The van der Waals surface area contributed by atoms with Crippen molar-refractivity contribution in [1.82, 2.24) is 10.2 Å². The maximum absolute atomic E-state index is 3.74. The van der Waals surface area contributed by atoms with Gasteiger partial charge in [-0.3, -0.25) is 4.90 Å². The Morgan fingerprint density at radius 2 is 1.89 bits per heavy atom. The van der Waals surface area contributed by atoms with Crippen LogP contribution in [-0.4, -0.2) is 30.6 Å². The van der Waals surface area contributed by atoms with Crippen LogP contribution in [0.4, 0.5) is 0 Å². The summed E-state index contributed by atoms with van der Waals surface area (Å²) in [5, 5.41) is 3.74. The highest BCUT2D eigenvalue weighted by Gasteiger charge is 2.36. The SMILES string of the molecule is CC1CNC(C)(c2ccccc2)CN1CC(C)(C)C. The summed E-state index contributed by atoms with van der Waals surface area (Å²) in [7, 11) is 0. The number of piperazine rings is 1. The van der Waals surface area contributed by atoms with E-state index in [-0.39, 0.29) is 5.54 Å². The molecule has 106 valence electrons. The topological polar surface area (TPSA) is 15.3 Å². The van der Waals surface area contributed by atoms with Crippen molar-refractivity contribution < 1.29 is 0 Å². The molecule has 0 radical (unpaired) electrons. The molecule has 1 N–H and O–H groups in total. The van der Waals surface area contributed by atoms with Crippen molar-refractivity contribution >= 4 is 0 Å². The standard InChI is InChI=1S/C17H28N2/c1-14-11-18-17(5,15-9-7-6-8-10-15)13-19(14)12-16(2,3)4/h6-10,14,18H,11-13H2,1-5H3. The third kappa shape index (κ3) is 3.58. The minimum Gasteiger partial charge on any atom is -0.305 e. The van der Waals surface area contributed by atoms with Crippen LogP contribution in [-0.2, 0) is 5.54 Å². The number of benzene rings is 1. The number of hydrogen-bond acceptors (Lipinski definition) is 2. The molecule has 19 heavy (non-hydrogen) atoms. The summed E-state index contributed by atoms with van der Waals surface area (Å²) in [6.45, 7) is 14.9. The van der Waals surface area contributed by atoms with Crippen molar-refractivity contribution in [2.75, 3.05) is 19.6 Å². The lowest BCUT2D eigenvalue weighted by molar-refractivity contribution is 0.0639. The van der Waals surface area contributed by atoms with Gasteiger partial charge in [-0.15, -0.1) is 0 Å². The number of rotatable bonds is 2. The van der Waals surface area contributed by atoms with Gasteiger partial charge in [-0.05, 0) is 24.8 Å². The van der Waals surface area contributed by atoms with Gasteiger partial charge in [-0.1, -0.05) is 51.1 Å². The van der Waals surface area contributed by atoms with Crippen LogP contribution in [0.1, 0.15) is 40.2 Å². The van der Waals surface area contributed by atoms with Crippen LogP contribution in [0.3, 0.4) is 0 Å². The molecule has 0 aliphatic carbocycles. The summed E-state index contributed by atoms with van der Waals surface area (Å²) >= 11 is 0. The van der Waals surface area contributed by atoms with E-state index in [1.807, 2.05) is 0 Å². The van der Waals surface area contributed by atoms with Crippen LogP contribution in [0.25, 0.3) is 0 Å².